The van der Waals surface area contributed by atoms with E-state index in [2.05, 4.69) is 135 Å². The molecule has 0 aliphatic carbocycles. The van der Waals surface area contributed by atoms with Crippen LogP contribution >= 0.6 is 0 Å². The summed E-state index contributed by atoms with van der Waals surface area (Å²) < 4.78 is 11.1. The number of aliphatic hydroxyl groups is 1. The fraction of sp³-hybridized carbons (Fsp3) is 0.618. The number of carbonyl (C=O) groups is 1. The largest absolute Gasteiger partial charge is 0.457 e. The predicted molar refractivity (Wildman–Crippen MR) is 260 cm³/mol. The second-order valence-corrected chi connectivity index (χ2v) is 15.4. The fourth-order valence-electron chi connectivity index (χ4n) is 6.21. The highest BCUT2D eigenvalue weighted by molar-refractivity contribution is 5.69. The highest BCUT2D eigenvalue weighted by Crippen LogP contribution is 2.12. The lowest BCUT2D eigenvalue weighted by atomic mass is 10.1. The Bertz CT molecular complexity index is 1180. The number of unbranched alkanes of at least 4 members (excludes halogenated alkanes) is 15. The normalized spacial score (nSPS) is 13.5. The van der Waals surface area contributed by atoms with E-state index in [0.717, 1.165) is 83.5 Å². The van der Waals surface area contributed by atoms with Crippen molar-refractivity contribution < 1.29 is 19.4 Å². The second-order valence-electron chi connectivity index (χ2n) is 15.4. The lowest BCUT2D eigenvalue weighted by Crippen LogP contribution is -2.27. The number of carbonyl (C=O) groups excluding carboxylic acids is 1. The van der Waals surface area contributed by atoms with Crippen molar-refractivity contribution in [2.75, 3.05) is 19.8 Å². The molecule has 0 rings (SSSR count). The van der Waals surface area contributed by atoms with Crippen molar-refractivity contribution in [2.24, 2.45) is 0 Å². The van der Waals surface area contributed by atoms with E-state index in [1.807, 2.05) is 0 Å². The summed E-state index contributed by atoms with van der Waals surface area (Å²) in [6, 6.07) is 0. The molecule has 0 saturated heterocycles. The molecule has 1 atom stereocenters. The Labute approximate surface area is 365 Å². The maximum absolute atomic E-state index is 12.2. The Balaban J connectivity index is 3.59. The van der Waals surface area contributed by atoms with Crippen LogP contribution in [0.4, 0.5) is 0 Å². The highest BCUT2D eigenvalue weighted by Gasteiger charge is 2.13. The number of ether oxygens (including phenoxy) is 2. The van der Waals surface area contributed by atoms with Crippen molar-refractivity contribution in [3.8, 4) is 0 Å². The summed E-state index contributed by atoms with van der Waals surface area (Å²) in [6.07, 6.45) is 75.6. The van der Waals surface area contributed by atoms with Crippen LogP contribution in [0.25, 0.3) is 0 Å². The quantitative estimate of drug-likeness (QED) is 0.0378. The van der Waals surface area contributed by atoms with Crippen LogP contribution in [-0.4, -0.2) is 37.0 Å². The maximum atomic E-state index is 12.2. The molecule has 0 fully saturated rings. The van der Waals surface area contributed by atoms with Crippen LogP contribution in [0.2, 0.25) is 0 Å². The first-order chi connectivity index (χ1) is 29.2. The highest BCUT2D eigenvalue weighted by atomic mass is 16.6. The van der Waals surface area contributed by atoms with E-state index in [0.29, 0.717) is 13.0 Å². The maximum Gasteiger partial charge on any atom is 0.306 e. The molecule has 0 aromatic heterocycles. The van der Waals surface area contributed by atoms with E-state index >= 15 is 0 Å². The van der Waals surface area contributed by atoms with E-state index in [1.165, 1.54) is 89.9 Å². The van der Waals surface area contributed by atoms with Gasteiger partial charge >= 0.3 is 5.97 Å². The average Bonchev–Trinajstić information content (AvgIpc) is 3.24. The summed E-state index contributed by atoms with van der Waals surface area (Å²) in [7, 11) is 0. The van der Waals surface area contributed by atoms with Gasteiger partial charge in [-0.25, -0.2) is 0 Å². The van der Waals surface area contributed by atoms with Gasteiger partial charge in [0.15, 0.2) is 0 Å². The van der Waals surface area contributed by atoms with Crippen LogP contribution in [0, 0.1) is 0 Å². The van der Waals surface area contributed by atoms with Gasteiger partial charge in [0.05, 0.1) is 13.2 Å². The van der Waals surface area contributed by atoms with Gasteiger partial charge in [0, 0.05) is 13.0 Å². The van der Waals surface area contributed by atoms with Gasteiger partial charge < -0.3 is 14.6 Å². The molecule has 1 unspecified atom stereocenters. The Morgan fingerprint density at radius 3 is 1.15 bits per heavy atom. The minimum Gasteiger partial charge on any atom is -0.457 e. The predicted octanol–water partition coefficient (Wildman–Crippen LogP) is 16.4. The third-order valence-electron chi connectivity index (χ3n) is 9.77. The van der Waals surface area contributed by atoms with Crippen molar-refractivity contribution >= 4 is 5.97 Å². The Hall–Kier alpha value is -3.21. The monoisotopic (exact) mass is 815 g/mol. The molecule has 4 nitrogen and oxygen atoms in total. The minimum atomic E-state index is -0.578. The van der Waals surface area contributed by atoms with Crippen LogP contribution in [-0.2, 0) is 14.3 Å². The number of hydrogen-bond acceptors (Lipinski definition) is 4. The summed E-state index contributed by atoms with van der Waals surface area (Å²) in [5.74, 6) is -0.264. The first-order valence-corrected chi connectivity index (χ1v) is 24.1. The summed E-state index contributed by atoms with van der Waals surface area (Å²) in [5.41, 5.74) is 0. The van der Waals surface area contributed by atoms with Crippen molar-refractivity contribution in [1.29, 1.82) is 0 Å². The van der Waals surface area contributed by atoms with Crippen molar-refractivity contribution in [2.45, 2.75) is 200 Å². The summed E-state index contributed by atoms with van der Waals surface area (Å²) >= 11 is 0. The molecule has 0 spiro atoms. The number of rotatable bonds is 43. The number of hydrogen-bond donors (Lipinski definition) is 1. The summed E-state index contributed by atoms with van der Waals surface area (Å²) in [5, 5.41) is 9.63. The first-order valence-electron chi connectivity index (χ1n) is 24.1. The molecule has 0 amide bonds. The molecule has 0 heterocycles. The zero-order valence-electron chi connectivity index (χ0n) is 38.2. The van der Waals surface area contributed by atoms with Crippen LogP contribution in [0.1, 0.15) is 194 Å². The summed E-state index contributed by atoms with van der Waals surface area (Å²) in [6.45, 7) is 5.13. The molecular weight excluding hydrogens is 725 g/mol. The van der Waals surface area contributed by atoms with Gasteiger partial charge in [-0.2, -0.15) is 0 Å². The molecule has 0 aromatic rings. The van der Waals surface area contributed by atoms with Crippen molar-refractivity contribution in [3.05, 3.63) is 122 Å². The number of esters is 1. The van der Waals surface area contributed by atoms with Crippen LogP contribution in [0.3, 0.4) is 0 Å². The van der Waals surface area contributed by atoms with E-state index in [9.17, 15) is 9.90 Å². The van der Waals surface area contributed by atoms with Gasteiger partial charge in [-0.05, 0) is 103 Å². The van der Waals surface area contributed by atoms with Gasteiger partial charge in [-0.15, -0.1) is 0 Å². The second kappa shape index (κ2) is 50.9. The molecule has 59 heavy (non-hydrogen) atoms. The molecule has 0 saturated carbocycles. The molecule has 4 heteroatoms. The van der Waals surface area contributed by atoms with Gasteiger partial charge in [0.2, 0.25) is 0 Å². The topological polar surface area (TPSA) is 55.8 Å². The Morgan fingerprint density at radius 2 is 0.763 bits per heavy atom. The molecule has 334 valence electrons. The van der Waals surface area contributed by atoms with Crippen LogP contribution in [0.5, 0.6) is 0 Å². The molecule has 1 N–H and O–H groups in total. The van der Waals surface area contributed by atoms with E-state index < -0.39 is 6.10 Å². The molecule has 0 radical (unpaired) electrons. The van der Waals surface area contributed by atoms with E-state index in [1.54, 1.807) is 0 Å². The lowest BCUT2D eigenvalue weighted by Gasteiger charge is -2.15. The standard InChI is InChI=1S/C55H90O4/c1-3-5-7-9-11-13-15-17-19-21-23-25-27-29-31-33-35-37-39-41-43-45-47-49-51-58-53-54(52-56)59-55(57)50-48-46-44-42-40-38-36-34-32-30-28-26-24-22-20-18-16-14-12-10-8-6-4-2/h6,8,12,14-15,17-18,20-21,23-24,26-27,29-30,32,36,38,42,44,54,56H,3-5,7,9-11,13,16,19,22,25,28,31,33-35,37,39-41,43,45-53H2,1-2H3/b8-6-,14-12-,17-15-,20-18-,23-21-,26-24-,29-27-,32-30-,38-36-,44-42-. The van der Waals surface area contributed by atoms with Gasteiger partial charge in [-0.3, -0.25) is 4.79 Å². The van der Waals surface area contributed by atoms with Crippen LogP contribution < -0.4 is 0 Å². The van der Waals surface area contributed by atoms with Crippen LogP contribution in [0.15, 0.2) is 122 Å². The molecule has 0 aromatic carbocycles. The zero-order valence-corrected chi connectivity index (χ0v) is 38.2. The molecule has 0 aliphatic rings. The van der Waals surface area contributed by atoms with Crippen molar-refractivity contribution in [3.63, 3.8) is 0 Å². The Morgan fingerprint density at radius 1 is 0.424 bits per heavy atom. The number of aliphatic hydroxyl groups excluding tert-OH is 1. The SMILES string of the molecule is CC/C=C\C/C=C\C/C=C\C/C=C\C/C=C\C/C=C\C/C=C\CCCC(=O)OC(CO)COCCCCCCCCCCC/C=C\C/C=C\C/C=C\CCCCCCC. The number of allylic oxidation sites excluding steroid dienone is 20. The lowest BCUT2D eigenvalue weighted by molar-refractivity contribution is -0.154. The van der Waals surface area contributed by atoms with E-state index in [4.69, 9.17) is 9.47 Å². The Kier molecular flexibility index (Phi) is 48.2. The molecular formula is C55H90O4. The molecule has 0 aliphatic heterocycles. The summed E-state index contributed by atoms with van der Waals surface area (Å²) in [4.78, 5) is 12.2. The molecule has 0 bridgehead atoms. The van der Waals surface area contributed by atoms with E-state index in [-0.39, 0.29) is 19.2 Å². The van der Waals surface area contributed by atoms with Gasteiger partial charge in [0.25, 0.3) is 0 Å². The average molecular weight is 815 g/mol. The van der Waals surface area contributed by atoms with Crippen molar-refractivity contribution in [1.82, 2.24) is 0 Å². The minimum absolute atomic E-state index is 0.206. The third kappa shape index (κ3) is 49.1. The van der Waals surface area contributed by atoms with Gasteiger partial charge in [-0.1, -0.05) is 206 Å². The van der Waals surface area contributed by atoms with Gasteiger partial charge in [0.1, 0.15) is 6.10 Å². The smallest absolute Gasteiger partial charge is 0.306 e. The zero-order chi connectivity index (χ0) is 42.6. The third-order valence-corrected chi connectivity index (χ3v) is 9.77. The fourth-order valence-corrected chi connectivity index (χ4v) is 6.21. The first kappa shape index (κ1) is 55.8.